The second-order valence-electron chi connectivity index (χ2n) is 9.71. The molecule has 10 nitrogen and oxygen atoms in total. The van der Waals surface area contributed by atoms with E-state index in [0.29, 0.717) is 11.1 Å². The first-order chi connectivity index (χ1) is 20.7. The summed E-state index contributed by atoms with van der Waals surface area (Å²) in [6.45, 7) is 3.02. The van der Waals surface area contributed by atoms with E-state index in [9.17, 15) is 31.2 Å². The molecule has 0 fully saturated rings. The lowest BCUT2D eigenvalue weighted by Crippen LogP contribution is -2.27. The normalized spacial score (nSPS) is 12.0. The Morgan fingerprint density at radius 3 is 2.43 bits per heavy atom. The molecule has 1 aromatic heterocycles. The van der Waals surface area contributed by atoms with E-state index in [1.807, 2.05) is 0 Å². The summed E-state index contributed by atoms with van der Waals surface area (Å²) in [5.41, 5.74) is -2.37. The van der Waals surface area contributed by atoms with E-state index in [1.54, 1.807) is 19.9 Å². The maximum atomic E-state index is 15.4. The Bertz CT molecular complexity index is 1850. The smallest absolute Gasteiger partial charge is 0.372 e. The summed E-state index contributed by atoms with van der Waals surface area (Å²) in [4.78, 5) is 25.5. The fourth-order valence-electron chi connectivity index (χ4n) is 4.54. The molecule has 0 saturated carbocycles. The quantitative estimate of drug-likeness (QED) is 0.233. The summed E-state index contributed by atoms with van der Waals surface area (Å²) in [6, 6.07) is 12.4. The van der Waals surface area contributed by atoms with Crippen LogP contribution in [0, 0.1) is 5.82 Å². The molecular weight excluding hydrogens is 606 g/mol. The number of carbonyl (C=O) groups excluding carboxylic acids is 1. The minimum absolute atomic E-state index is 0.00817. The summed E-state index contributed by atoms with van der Waals surface area (Å²) >= 11 is 0. The third kappa shape index (κ3) is 7.23. The molecule has 0 bridgehead atoms. The van der Waals surface area contributed by atoms with Crippen LogP contribution in [0.4, 0.5) is 23.2 Å². The highest BCUT2D eigenvalue weighted by atomic mass is 32.2. The van der Waals surface area contributed by atoms with E-state index in [0.717, 1.165) is 28.8 Å². The molecule has 3 N–H and O–H groups in total. The molecule has 0 aliphatic carbocycles. The van der Waals surface area contributed by atoms with Gasteiger partial charge in [-0.2, -0.15) is 17.9 Å². The lowest BCUT2D eigenvalue weighted by atomic mass is 10.0. The number of hydrogen-bond acceptors (Lipinski definition) is 6. The molecule has 234 valence electrons. The van der Waals surface area contributed by atoms with Crippen molar-refractivity contribution in [3.05, 3.63) is 93.9 Å². The van der Waals surface area contributed by atoms with Crippen molar-refractivity contribution in [3.63, 3.8) is 0 Å². The van der Waals surface area contributed by atoms with Crippen LogP contribution in [0.25, 0.3) is 16.8 Å². The number of hydrogen-bond donors (Lipinski definition) is 2. The number of ether oxygens (including phenoxy) is 1. The first-order valence-electron chi connectivity index (χ1n) is 13.4. The van der Waals surface area contributed by atoms with Gasteiger partial charge in [-0.05, 0) is 49.2 Å². The molecule has 0 saturated heterocycles. The van der Waals surface area contributed by atoms with Crippen LogP contribution in [0.3, 0.4) is 0 Å². The molecule has 4 rings (SSSR count). The van der Waals surface area contributed by atoms with Crippen LogP contribution in [0.2, 0.25) is 0 Å². The van der Waals surface area contributed by atoms with Gasteiger partial charge in [-0.1, -0.05) is 37.3 Å². The Hall–Kier alpha value is -4.34. The number of halogens is 4. The van der Waals surface area contributed by atoms with Gasteiger partial charge in [0.1, 0.15) is 18.2 Å². The maximum absolute atomic E-state index is 15.4. The van der Waals surface area contributed by atoms with Crippen LogP contribution in [-0.2, 0) is 38.7 Å². The standard InChI is InChI=1S/C29H29F4N5O5S/c1-3-7-26-36-38(24-15-20(35-27(39)17-43-4-2)12-13-22(24)29(31,32)33)28(40)37(26)16-19-11-10-18(14-23(19)30)21-8-5-6-9-25(21)44(34,41)42/h5-6,8-15H,3-4,7,16-17H2,1-2H3,(H,35,39)(H2,34,41,42). The zero-order valence-electron chi connectivity index (χ0n) is 23.7. The number of nitrogens with zero attached hydrogens (tertiary/aromatic N) is 3. The van der Waals surface area contributed by atoms with Crippen molar-refractivity contribution in [2.75, 3.05) is 18.5 Å². The number of aryl methyl sites for hydroxylation is 1. The van der Waals surface area contributed by atoms with Crippen molar-refractivity contribution < 1.29 is 35.5 Å². The van der Waals surface area contributed by atoms with Crippen molar-refractivity contribution >= 4 is 21.6 Å². The van der Waals surface area contributed by atoms with E-state index in [1.165, 1.54) is 30.3 Å². The summed E-state index contributed by atoms with van der Waals surface area (Å²) in [7, 11) is -4.11. The lowest BCUT2D eigenvalue weighted by molar-refractivity contribution is -0.137. The average molecular weight is 636 g/mol. The SMILES string of the molecule is CCCc1nn(-c2cc(NC(=O)COCC)ccc2C(F)(F)F)c(=O)n1Cc1ccc(-c2ccccc2S(N)(=O)=O)cc1F. The molecule has 0 unspecified atom stereocenters. The number of nitrogens with one attached hydrogen (secondary N) is 1. The third-order valence-electron chi connectivity index (χ3n) is 6.55. The number of carbonyl (C=O) groups is 1. The Morgan fingerprint density at radius 2 is 1.80 bits per heavy atom. The highest BCUT2D eigenvalue weighted by Gasteiger charge is 2.35. The molecule has 0 aliphatic rings. The average Bonchev–Trinajstić information content (AvgIpc) is 3.26. The number of alkyl halides is 3. The second kappa shape index (κ2) is 13.1. The highest BCUT2D eigenvalue weighted by Crippen LogP contribution is 2.35. The van der Waals surface area contributed by atoms with Gasteiger partial charge in [0.15, 0.2) is 0 Å². The third-order valence-corrected chi connectivity index (χ3v) is 7.52. The van der Waals surface area contributed by atoms with Crippen LogP contribution in [-0.4, -0.2) is 41.9 Å². The molecule has 1 heterocycles. The van der Waals surface area contributed by atoms with E-state index in [4.69, 9.17) is 9.88 Å². The Kier molecular flexibility index (Phi) is 9.71. The molecular formula is C29H29F4N5O5S. The molecule has 0 aliphatic heterocycles. The van der Waals surface area contributed by atoms with Gasteiger partial charge in [0, 0.05) is 29.8 Å². The van der Waals surface area contributed by atoms with Crippen molar-refractivity contribution in [2.45, 2.75) is 44.3 Å². The molecule has 3 aromatic carbocycles. The fraction of sp³-hybridized carbons (Fsp3) is 0.276. The number of nitrogens with two attached hydrogens (primary N) is 1. The van der Waals surface area contributed by atoms with Gasteiger partial charge < -0.3 is 10.1 Å². The molecule has 1 amide bonds. The van der Waals surface area contributed by atoms with E-state index < -0.39 is 44.9 Å². The molecule has 0 atom stereocenters. The van der Waals surface area contributed by atoms with Crippen LogP contribution >= 0.6 is 0 Å². The molecule has 4 aromatic rings. The number of anilines is 1. The van der Waals surface area contributed by atoms with Crippen LogP contribution in [0.15, 0.2) is 70.4 Å². The molecule has 15 heteroatoms. The first kappa shape index (κ1) is 32.6. The summed E-state index contributed by atoms with van der Waals surface area (Å²) in [5, 5.41) is 11.9. The minimum atomic E-state index is -4.87. The Balaban J connectivity index is 1.77. The van der Waals surface area contributed by atoms with E-state index in [2.05, 4.69) is 10.4 Å². The van der Waals surface area contributed by atoms with Crippen molar-refractivity contribution in [1.29, 1.82) is 0 Å². The monoisotopic (exact) mass is 635 g/mol. The zero-order chi connectivity index (χ0) is 32.2. The summed E-state index contributed by atoms with van der Waals surface area (Å²) in [6.07, 6.45) is -4.20. The molecule has 44 heavy (non-hydrogen) atoms. The predicted molar refractivity (Wildman–Crippen MR) is 154 cm³/mol. The van der Waals surface area contributed by atoms with Gasteiger partial charge in [-0.15, -0.1) is 5.10 Å². The van der Waals surface area contributed by atoms with Gasteiger partial charge in [0.05, 0.1) is 22.7 Å². The van der Waals surface area contributed by atoms with Crippen LogP contribution in [0.1, 0.15) is 37.2 Å². The van der Waals surface area contributed by atoms with Gasteiger partial charge in [-0.25, -0.2) is 22.7 Å². The predicted octanol–water partition coefficient (Wildman–Crippen LogP) is 4.48. The fourth-order valence-corrected chi connectivity index (χ4v) is 5.30. The number of benzene rings is 3. The van der Waals surface area contributed by atoms with Gasteiger partial charge in [0.2, 0.25) is 15.9 Å². The van der Waals surface area contributed by atoms with Gasteiger partial charge in [-0.3, -0.25) is 9.36 Å². The number of amides is 1. The number of aromatic nitrogens is 3. The van der Waals surface area contributed by atoms with Crippen molar-refractivity contribution in [3.8, 4) is 16.8 Å². The van der Waals surface area contributed by atoms with Crippen LogP contribution < -0.4 is 16.1 Å². The lowest BCUT2D eigenvalue weighted by Gasteiger charge is -2.14. The van der Waals surface area contributed by atoms with E-state index in [-0.39, 0.29) is 59.3 Å². The van der Waals surface area contributed by atoms with Crippen molar-refractivity contribution in [2.24, 2.45) is 5.14 Å². The second-order valence-corrected chi connectivity index (χ2v) is 11.2. The largest absolute Gasteiger partial charge is 0.418 e. The highest BCUT2D eigenvalue weighted by molar-refractivity contribution is 7.89. The van der Waals surface area contributed by atoms with Crippen molar-refractivity contribution in [1.82, 2.24) is 14.3 Å². The first-order valence-corrected chi connectivity index (χ1v) is 15.0. The maximum Gasteiger partial charge on any atom is 0.418 e. The number of sulfonamides is 1. The van der Waals surface area contributed by atoms with Crippen LogP contribution in [0.5, 0.6) is 0 Å². The number of primary sulfonamides is 1. The summed E-state index contributed by atoms with van der Waals surface area (Å²) < 4.78 is 88.1. The van der Waals surface area contributed by atoms with Gasteiger partial charge in [0.25, 0.3) is 0 Å². The number of rotatable bonds is 11. The topological polar surface area (TPSA) is 138 Å². The summed E-state index contributed by atoms with van der Waals surface area (Å²) in [5.74, 6) is -1.28. The zero-order valence-corrected chi connectivity index (χ0v) is 24.5. The Morgan fingerprint density at radius 1 is 1.07 bits per heavy atom. The molecule has 0 radical (unpaired) electrons. The minimum Gasteiger partial charge on any atom is -0.372 e. The molecule has 0 spiro atoms. The van der Waals surface area contributed by atoms with Gasteiger partial charge >= 0.3 is 11.9 Å². The Labute approximate surface area is 250 Å². The van der Waals surface area contributed by atoms with E-state index >= 15 is 4.39 Å².